The molecule has 4 rings (SSSR count). The van der Waals surface area contributed by atoms with Crippen molar-refractivity contribution in [2.45, 2.75) is 63.8 Å². The third kappa shape index (κ3) is 2.11. The zero-order chi connectivity index (χ0) is 15.3. The van der Waals surface area contributed by atoms with Gasteiger partial charge < -0.3 is 5.73 Å². The second-order valence-corrected chi connectivity index (χ2v) is 7.90. The molecule has 0 unspecified atom stereocenters. The van der Waals surface area contributed by atoms with E-state index in [1.54, 1.807) is 11.1 Å². The van der Waals surface area contributed by atoms with Gasteiger partial charge in [0.1, 0.15) is 0 Å². The van der Waals surface area contributed by atoms with Crippen LogP contribution in [0, 0.1) is 11.8 Å². The Hall–Kier alpha value is -1.02. The molecule has 22 heavy (non-hydrogen) atoms. The van der Waals surface area contributed by atoms with Gasteiger partial charge in [0, 0.05) is 23.7 Å². The highest BCUT2D eigenvalue weighted by Gasteiger charge is 2.51. The van der Waals surface area contributed by atoms with Gasteiger partial charge in [0.05, 0.1) is 0 Å². The molecular formula is C20H30N2. The molecule has 1 saturated carbocycles. The van der Waals surface area contributed by atoms with Crippen LogP contribution in [0.25, 0.3) is 0 Å². The number of rotatable bonds is 4. The molecule has 2 heteroatoms. The highest BCUT2D eigenvalue weighted by molar-refractivity contribution is 5.50. The molecule has 3 aliphatic rings. The van der Waals surface area contributed by atoms with Crippen molar-refractivity contribution in [2.75, 3.05) is 18.8 Å². The lowest BCUT2D eigenvalue weighted by atomic mass is 9.55. The van der Waals surface area contributed by atoms with Crippen molar-refractivity contribution in [1.82, 2.24) is 4.90 Å². The molecule has 0 amide bonds. The fraction of sp³-hybridized carbons (Fsp3) is 0.700. The van der Waals surface area contributed by atoms with Gasteiger partial charge in [-0.05, 0) is 73.7 Å². The summed E-state index contributed by atoms with van der Waals surface area (Å²) in [6.45, 7) is 7.44. The van der Waals surface area contributed by atoms with Crippen LogP contribution < -0.4 is 5.73 Å². The van der Waals surface area contributed by atoms with Gasteiger partial charge in [0.15, 0.2) is 0 Å². The van der Waals surface area contributed by atoms with E-state index in [2.05, 4.69) is 36.9 Å². The van der Waals surface area contributed by atoms with Gasteiger partial charge in [-0.2, -0.15) is 0 Å². The highest BCUT2D eigenvalue weighted by Crippen LogP contribution is 2.53. The molecule has 0 radical (unpaired) electrons. The Kier molecular flexibility index (Phi) is 3.48. The first-order valence-corrected chi connectivity index (χ1v) is 9.31. The SMILES string of the molecule is CC[C@@H]1[C@H]2Cc3ccc(N)cc3[C@]1(CC)CCN2CC1CC1. The number of anilines is 1. The number of fused-ring (bicyclic) bond motifs is 4. The molecule has 0 aromatic heterocycles. The molecule has 2 bridgehead atoms. The van der Waals surface area contributed by atoms with E-state index >= 15 is 0 Å². The van der Waals surface area contributed by atoms with E-state index < -0.39 is 0 Å². The average molecular weight is 298 g/mol. The lowest BCUT2D eigenvalue weighted by Crippen LogP contribution is -2.59. The zero-order valence-electron chi connectivity index (χ0n) is 14.1. The summed E-state index contributed by atoms with van der Waals surface area (Å²) < 4.78 is 0. The standard InChI is InChI=1S/C20H30N2/c1-3-17-19-11-15-7-8-16(21)12-18(15)20(17,4-2)9-10-22(19)13-14-5-6-14/h7-8,12,14,17,19H,3-6,9-11,13,21H2,1-2H3/t17-,19-,20-/m1/s1. The number of nitrogens with zero attached hydrogens (tertiary/aromatic N) is 1. The Labute approximate surface area is 135 Å². The van der Waals surface area contributed by atoms with Gasteiger partial charge >= 0.3 is 0 Å². The van der Waals surface area contributed by atoms with Crippen LogP contribution in [0.4, 0.5) is 5.69 Å². The maximum Gasteiger partial charge on any atom is 0.0317 e. The van der Waals surface area contributed by atoms with Crippen LogP contribution in [-0.4, -0.2) is 24.0 Å². The van der Waals surface area contributed by atoms with Gasteiger partial charge in [-0.1, -0.05) is 26.3 Å². The van der Waals surface area contributed by atoms with Crippen molar-refractivity contribution < 1.29 is 0 Å². The van der Waals surface area contributed by atoms with E-state index in [-0.39, 0.29) is 0 Å². The number of nitrogens with two attached hydrogens (primary N) is 1. The summed E-state index contributed by atoms with van der Waals surface area (Å²) in [5, 5.41) is 0. The van der Waals surface area contributed by atoms with Crippen LogP contribution in [-0.2, 0) is 11.8 Å². The number of hydrogen-bond donors (Lipinski definition) is 1. The van der Waals surface area contributed by atoms with Crippen molar-refractivity contribution in [1.29, 1.82) is 0 Å². The molecule has 120 valence electrons. The third-order valence-corrected chi connectivity index (χ3v) is 6.85. The molecule has 0 spiro atoms. The molecule has 1 saturated heterocycles. The van der Waals surface area contributed by atoms with Gasteiger partial charge in [0.2, 0.25) is 0 Å². The zero-order valence-corrected chi connectivity index (χ0v) is 14.1. The molecule has 1 aromatic carbocycles. The second-order valence-electron chi connectivity index (χ2n) is 7.90. The van der Waals surface area contributed by atoms with E-state index in [1.807, 2.05) is 0 Å². The van der Waals surface area contributed by atoms with Crippen molar-refractivity contribution in [3.05, 3.63) is 29.3 Å². The summed E-state index contributed by atoms with van der Waals surface area (Å²) in [5.74, 6) is 1.80. The number of likely N-dealkylation sites (tertiary alicyclic amines) is 1. The molecule has 2 fully saturated rings. The minimum atomic E-state index is 0.377. The van der Waals surface area contributed by atoms with E-state index in [4.69, 9.17) is 5.73 Å². The van der Waals surface area contributed by atoms with E-state index in [1.165, 1.54) is 51.6 Å². The van der Waals surface area contributed by atoms with Crippen LogP contribution in [0.1, 0.15) is 57.1 Å². The normalized spacial score (nSPS) is 34.5. The van der Waals surface area contributed by atoms with Crippen LogP contribution >= 0.6 is 0 Å². The fourth-order valence-corrected chi connectivity index (χ4v) is 5.53. The van der Waals surface area contributed by atoms with Crippen LogP contribution in [0.2, 0.25) is 0 Å². The predicted molar refractivity (Wildman–Crippen MR) is 93.0 cm³/mol. The summed E-state index contributed by atoms with van der Waals surface area (Å²) in [5.41, 5.74) is 10.6. The maximum absolute atomic E-state index is 6.14. The van der Waals surface area contributed by atoms with Crippen LogP contribution in [0.3, 0.4) is 0 Å². The first kappa shape index (κ1) is 14.6. The van der Waals surface area contributed by atoms with Gasteiger partial charge in [-0.25, -0.2) is 0 Å². The van der Waals surface area contributed by atoms with E-state index in [9.17, 15) is 0 Å². The Balaban J connectivity index is 1.76. The number of nitrogen functional groups attached to an aromatic ring is 1. The number of hydrogen-bond acceptors (Lipinski definition) is 2. The molecule has 2 nitrogen and oxygen atoms in total. The monoisotopic (exact) mass is 298 g/mol. The summed E-state index contributed by atoms with van der Waals surface area (Å²) in [6, 6.07) is 7.48. The Morgan fingerprint density at radius 2 is 2.09 bits per heavy atom. The fourth-order valence-electron chi connectivity index (χ4n) is 5.53. The highest BCUT2D eigenvalue weighted by atomic mass is 15.2. The molecule has 1 aromatic rings. The lowest BCUT2D eigenvalue weighted by Gasteiger charge is -2.57. The molecule has 2 aliphatic carbocycles. The first-order chi connectivity index (χ1) is 10.7. The number of benzene rings is 1. The summed E-state index contributed by atoms with van der Waals surface area (Å²) in [6.07, 6.45) is 8.05. The molecular weight excluding hydrogens is 268 g/mol. The summed E-state index contributed by atoms with van der Waals surface area (Å²) in [7, 11) is 0. The molecule has 1 aliphatic heterocycles. The lowest BCUT2D eigenvalue weighted by molar-refractivity contribution is 0.00678. The minimum absolute atomic E-state index is 0.377. The topological polar surface area (TPSA) is 29.3 Å². The molecule has 1 heterocycles. The van der Waals surface area contributed by atoms with Crippen LogP contribution in [0.15, 0.2) is 18.2 Å². The van der Waals surface area contributed by atoms with E-state index in [0.29, 0.717) is 5.41 Å². The Bertz CT molecular complexity index is 563. The van der Waals surface area contributed by atoms with Crippen molar-refractivity contribution >= 4 is 5.69 Å². The summed E-state index contributed by atoms with van der Waals surface area (Å²) in [4.78, 5) is 2.85. The van der Waals surface area contributed by atoms with Crippen molar-refractivity contribution in [2.24, 2.45) is 11.8 Å². The van der Waals surface area contributed by atoms with Crippen molar-refractivity contribution in [3.63, 3.8) is 0 Å². The smallest absolute Gasteiger partial charge is 0.0317 e. The van der Waals surface area contributed by atoms with Gasteiger partial charge in [-0.15, -0.1) is 0 Å². The Morgan fingerprint density at radius 3 is 2.77 bits per heavy atom. The predicted octanol–water partition coefficient (Wildman–Crippen LogP) is 3.98. The third-order valence-electron chi connectivity index (χ3n) is 6.85. The average Bonchev–Trinajstić information content (AvgIpc) is 3.34. The molecule has 3 atom stereocenters. The largest absolute Gasteiger partial charge is 0.399 e. The van der Waals surface area contributed by atoms with Gasteiger partial charge in [0.25, 0.3) is 0 Å². The first-order valence-electron chi connectivity index (χ1n) is 9.31. The van der Waals surface area contributed by atoms with E-state index in [0.717, 1.165) is 23.6 Å². The minimum Gasteiger partial charge on any atom is -0.399 e. The molecule has 2 N–H and O–H groups in total. The quantitative estimate of drug-likeness (QED) is 0.852. The summed E-state index contributed by atoms with van der Waals surface area (Å²) >= 11 is 0. The number of piperidine rings is 1. The Morgan fingerprint density at radius 1 is 1.27 bits per heavy atom. The van der Waals surface area contributed by atoms with Gasteiger partial charge in [-0.3, -0.25) is 4.90 Å². The van der Waals surface area contributed by atoms with Crippen LogP contribution in [0.5, 0.6) is 0 Å². The second kappa shape index (κ2) is 5.26. The maximum atomic E-state index is 6.14. The van der Waals surface area contributed by atoms with Crippen molar-refractivity contribution in [3.8, 4) is 0 Å².